The molecule has 0 radical (unpaired) electrons. The highest BCUT2D eigenvalue weighted by Crippen LogP contribution is 2.22. The third-order valence-corrected chi connectivity index (χ3v) is 6.53. The van der Waals surface area contributed by atoms with E-state index in [9.17, 15) is 4.21 Å². The van der Waals surface area contributed by atoms with Crippen LogP contribution in [0.3, 0.4) is 0 Å². The van der Waals surface area contributed by atoms with E-state index in [0.717, 1.165) is 63.1 Å². The number of nitrogens with zero attached hydrogens (tertiary/aromatic N) is 4. The van der Waals surface area contributed by atoms with Crippen molar-refractivity contribution in [2.75, 3.05) is 57.5 Å². The van der Waals surface area contributed by atoms with Crippen LogP contribution in [-0.4, -0.2) is 77.1 Å². The van der Waals surface area contributed by atoms with Crippen LogP contribution >= 0.6 is 0 Å². The van der Waals surface area contributed by atoms with Crippen molar-refractivity contribution in [3.8, 4) is 11.5 Å². The minimum atomic E-state index is -0.890. The summed E-state index contributed by atoms with van der Waals surface area (Å²) in [4.78, 5) is 9.16. The monoisotopic (exact) mass is 416 g/mol. The SMILES string of the molecule is COc1ccc(CN2CC(Oc3ccc(N4CCN(S(C)=O)CC4)nc3)C2)cc1. The molecule has 2 saturated heterocycles. The summed E-state index contributed by atoms with van der Waals surface area (Å²) in [6.07, 6.45) is 3.76. The first-order valence-electron chi connectivity index (χ1n) is 9.92. The molecule has 4 rings (SSSR count). The van der Waals surface area contributed by atoms with E-state index in [1.165, 1.54) is 5.56 Å². The van der Waals surface area contributed by atoms with E-state index in [2.05, 4.69) is 26.9 Å². The predicted octanol–water partition coefficient (Wildman–Crippen LogP) is 1.77. The number of methoxy groups -OCH3 is 1. The fourth-order valence-electron chi connectivity index (χ4n) is 3.71. The van der Waals surface area contributed by atoms with E-state index in [0.29, 0.717) is 0 Å². The summed E-state index contributed by atoms with van der Waals surface area (Å²) >= 11 is 0. The van der Waals surface area contributed by atoms with Gasteiger partial charge in [-0.05, 0) is 29.8 Å². The van der Waals surface area contributed by atoms with E-state index in [1.54, 1.807) is 13.4 Å². The van der Waals surface area contributed by atoms with Gasteiger partial charge in [0.05, 0.1) is 24.3 Å². The summed E-state index contributed by atoms with van der Waals surface area (Å²) in [5.41, 5.74) is 1.28. The molecular weight excluding hydrogens is 388 g/mol. The van der Waals surface area contributed by atoms with Gasteiger partial charge in [-0.1, -0.05) is 12.1 Å². The normalized spacial score (nSPS) is 19.6. The number of ether oxygens (including phenoxy) is 2. The van der Waals surface area contributed by atoms with Crippen LogP contribution in [0.1, 0.15) is 5.56 Å². The standard InChI is InChI=1S/C21H28N4O3S/c1-27-18-5-3-17(4-6-18)14-23-15-20(16-23)28-19-7-8-21(22-13-19)24-9-11-25(12-10-24)29(2)26/h3-8,13,20H,9-12,14-16H2,1-2H3. The molecule has 3 heterocycles. The van der Waals surface area contributed by atoms with Crippen molar-refractivity contribution in [3.63, 3.8) is 0 Å². The molecule has 2 aliphatic heterocycles. The third kappa shape index (κ3) is 5.07. The molecule has 2 aliphatic rings. The molecule has 0 aliphatic carbocycles. The maximum absolute atomic E-state index is 11.6. The summed E-state index contributed by atoms with van der Waals surface area (Å²) in [5, 5.41) is 0. The Kier molecular flexibility index (Phi) is 6.32. The predicted molar refractivity (Wildman–Crippen MR) is 115 cm³/mol. The molecule has 1 unspecified atom stereocenters. The lowest BCUT2D eigenvalue weighted by atomic mass is 10.1. The Labute approximate surface area is 174 Å². The van der Waals surface area contributed by atoms with Crippen molar-refractivity contribution in [1.29, 1.82) is 0 Å². The number of likely N-dealkylation sites (tertiary alicyclic amines) is 1. The number of benzene rings is 1. The molecular formula is C21H28N4O3S. The van der Waals surface area contributed by atoms with Gasteiger partial charge in [-0.3, -0.25) is 4.90 Å². The number of piperazine rings is 1. The maximum atomic E-state index is 11.6. The molecule has 0 amide bonds. The molecule has 156 valence electrons. The zero-order valence-electron chi connectivity index (χ0n) is 17.0. The zero-order chi connectivity index (χ0) is 20.2. The van der Waals surface area contributed by atoms with E-state index < -0.39 is 11.0 Å². The van der Waals surface area contributed by atoms with Crippen molar-refractivity contribution in [2.45, 2.75) is 12.6 Å². The summed E-state index contributed by atoms with van der Waals surface area (Å²) in [7, 11) is 0.794. The molecule has 0 N–H and O–H groups in total. The average molecular weight is 417 g/mol. The van der Waals surface area contributed by atoms with E-state index >= 15 is 0 Å². The van der Waals surface area contributed by atoms with Crippen LogP contribution in [0, 0.1) is 0 Å². The van der Waals surface area contributed by atoms with Crippen LogP contribution in [0.25, 0.3) is 0 Å². The van der Waals surface area contributed by atoms with Crippen molar-refractivity contribution < 1.29 is 13.7 Å². The Morgan fingerprint density at radius 2 is 1.72 bits per heavy atom. The number of rotatable bonds is 7. The molecule has 0 spiro atoms. The van der Waals surface area contributed by atoms with Gasteiger partial charge in [-0.25, -0.2) is 13.5 Å². The molecule has 7 nitrogen and oxygen atoms in total. The molecule has 1 aromatic carbocycles. The minimum absolute atomic E-state index is 0.212. The van der Waals surface area contributed by atoms with Crippen LogP contribution in [0.4, 0.5) is 5.82 Å². The zero-order valence-corrected chi connectivity index (χ0v) is 17.8. The van der Waals surface area contributed by atoms with Crippen LogP contribution in [0.2, 0.25) is 0 Å². The highest BCUT2D eigenvalue weighted by molar-refractivity contribution is 7.81. The first-order chi connectivity index (χ1) is 14.1. The quantitative estimate of drug-likeness (QED) is 0.686. The molecule has 2 fully saturated rings. The van der Waals surface area contributed by atoms with Gasteiger partial charge in [-0.2, -0.15) is 0 Å². The highest BCUT2D eigenvalue weighted by atomic mass is 32.2. The van der Waals surface area contributed by atoms with Gasteiger partial charge in [0, 0.05) is 52.1 Å². The van der Waals surface area contributed by atoms with E-state index in [4.69, 9.17) is 9.47 Å². The second-order valence-electron chi connectivity index (χ2n) is 7.47. The van der Waals surface area contributed by atoms with Crippen LogP contribution < -0.4 is 14.4 Å². The Morgan fingerprint density at radius 1 is 1.03 bits per heavy atom. The lowest BCUT2D eigenvalue weighted by molar-refractivity contribution is 0.0143. The molecule has 0 saturated carbocycles. The van der Waals surface area contributed by atoms with Gasteiger partial charge in [0.2, 0.25) is 0 Å². The minimum Gasteiger partial charge on any atom is -0.497 e. The van der Waals surface area contributed by atoms with Crippen molar-refractivity contribution >= 4 is 16.8 Å². The lowest BCUT2D eigenvalue weighted by Crippen LogP contribution is -2.53. The van der Waals surface area contributed by atoms with Gasteiger partial charge < -0.3 is 14.4 Å². The molecule has 1 aromatic heterocycles. The summed E-state index contributed by atoms with van der Waals surface area (Å²) < 4.78 is 24.8. The Morgan fingerprint density at radius 3 is 2.31 bits per heavy atom. The van der Waals surface area contributed by atoms with Gasteiger partial charge in [0.25, 0.3) is 0 Å². The Balaban J connectivity index is 1.21. The number of pyridine rings is 1. The van der Waals surface area contributed by atoms with Crippen LogP contribution in [0.5, 0.6) is 11.5 Å². The Hall–Kier alpha value is -2.16. The first kappa shape index (κ1) is 20.1. The first-order valence-corrected chi connectivity index (χ1v) is 11.4. The van der Waals surface area contributed by atoms with Gasteiger partial charge in [0.1, 0.15) is 23.4 Å². The molecule has 0 bridgehead atoms. The van der Waals surface area contributed by atoms with Crippen molar-refractivity contribution in [1.82, 2.24) is 14.2 Å². The van der Waals surface area contributed by atoms with Gasteiger partial charge >= 0.3 is 0 Å². The second kappa shape index (κ2) is 9.11. The lowest BCUT2D eigenvalue weighted by Gasteiger charge is -2.39. The van der Waals surface area contributed by atoms with Crippen LogP contribution in [-0.2, 0) is 17.5 Å². The summed E-state index contributed by atoms with van der Waals surface area (Å²) in [5.74, 6) is 2.65. The van der Waals surface area contributed by atoms with Gasteiger partial charge in [0.15, 0.2) is 0 Å². The number of hydrogen-bond acceptors (Lipinski definition) is 6. The van der Waals surface area contributed by atoms with E-state index in [-0.39, 0.29) is 6.10 Å². The third-order valence-electron chi connectivity index (χ3n) is 5.44. The van der Waals surface area contributed by atoms with Crippen LogP contribution in [0.15, 0.2) is 42.6 Å². The fourth-order valence-corrected chi connectivity index (χ4v) is 4.39. The largest absolute Gasteiger partial charge is 0.497 e. The number of aromatic nitrogens is 1. The molecule has 8 heteroatoms. The molecule has 2 aromatic rings. The summed E-state index contributed by atoms with van der Waals surface area (Å²) in [6.45, 7) is 6.05. The summed E-state index contributed by atoms with van der Waals surface area (Å²) in [6, 6.07) is 12.2. The smallest absolute Gasteiger partial charge is 0.138 e. The Bertz CT molecular complexity index is 817. The number of anilines is 1. The topological polar surface area (TPSA) is 58.1 Å². The van der Waals surface area contributed by atoms with Gasteiger partial charge in [-0.15, -0.1) is 0 Å². The second-order valence-corrected chi connectivity index (χ2v) is 8.84. The van der Waals surface area contributed by atoms with Crippen molar-refractivity contribution in [2.24, 2.45) is 0 Å². The molecule has 29 heavy (non-hydrogen) atoms. The average Bonchev–Trinajstić information content (AvgIpc) is 2.73. The maximum Gasteiger partial charge on any atom is 0.138 e. The molecule has 1 atom stereocenters. The highest BCUT2D eigenvalue weighted by Gasteiger charge is 2.28. The number of hydrogen-bond donors (Lipinski definition) is 0. The van der Waals surface area contributed by atoms with Crippen molar-refractivity contribution in [3.05, 3.63) is 48.2 Å². The fraction of sp³-hybridized carbons (Fsp3) is 0.476. The van der Waals surface area contributed by atoms with E-state index in [1.807, 2.05) is 34.8 Å².